The van der Waals surface area contributed by atoms with Gasteiger partial charge in [-0.2, -0.15) is 5.26 Å². The minimum Gasteiger partial charge on any atom is -0.321 e. The smallest absolute Gasteiger partial charge is 0.257 e. The van der Waals surface area contributed by atoms with E-state index in [0.29, 0.717) is 15.7 Å². The summed E-state index contributed by atoms with van der Waals surface area (Å²) in [5.74, 6) is -0.374. The Morgan fingerprint density at radius 1 is 1.35 bits per heavy atom. The van der Waals surface area contributed by atoms with Gasteiger partial charge >= 0.3 is 0 Å². The number of halogens is 3. The molecule has 0 aliphatic rings. The van der Waals surface area contributed by atoms with Crippen LogP contribution in [-0.4, -0.2) is 10.9 Å². The van der Waals surface area contributed by atoms with Crippen molar-refractivity contribution in [3.05, 3.63) is 56.2 Å². The number of benzene rings is 1. The van der Waals surface area contributed by atoms with Gasteiger partial charge in [-0.1, -0.05) is 23.2 Å². The molecule has 0 radical (unpaired) electrons. The molecule has 1 aromatic heterocycles. The van der Waals surface area contributed by atoms with Crippen molar-refractivity contribution in [2.75, 3.05) is 5.32 Å². The van der Waals surface area contributed by atoms with Crippen LogP contribution in [0.5, 0.6) is 0 Å². The number of carbonyl (C=O) groups is 1. The molecule has 0 fully saturated rings. The first-order valence-corrected chi connectivity index (χ1v) is 6.88. The highest BCUT2D eigenvalue weighted by atomic mass is 79.9. The minimum absolute atomic E-state index is 0.141. The molecule has 2 rings (SSSR count). The van der Waals surface area contributed by atoms with Gasteiger partial charge in [-0.25, -0.2) is 4.98 Å². The number of rotatable bonds is 2. The van der Waals surface area contributed by atoms with Crippen LogP contribution < -0.4 is 5.32 Å². The molecule has 0 aliphatic heterocycles. The number of hydrogen-bond donors (Lipinski definition) is 1. The molecule has 4 nitrogen and oxygen atoms in total. The van der Waals surface area contributed by atoms with Crippen LogP contribution >= 0.6 is 39.1 Å². The number of nitriles is 1. The van der Waals surface area contributed by atoms with Crippen molar-refractivity contribution in [1.29, 1.82) is 5.26 Å². The number of nitrogens with one attached hydrogen (secondary N) is 1. The Labute approximate surface area is 133 Å². The molecule has 0 saturated heterocycles. The van der Waals surface area contributed by atoms with E-state index in [4.69, 9.17) is 28.5 Å². The molecule has 0 unspecified atom stereocenters. The van der Waals surface area contributed by atoms with Gasteiger partial charge in [-0.05, 0) is 40.2 Å². The van der Waals surface area contributed by atoms with E-state index in [1.54, 1.807) is 18.2 Å². The lowest BCUT2D eigenvalue weighted by Gasteiger charge is -2.08. The molecular weight excluding hydrogens is 365 g/mol. The maximum Gasteiger partial charge on any atom is 0.257 e. The van der Waals surface area contributed by atoms with E-state index in [9.17, 15) is 4.79 Å². The fourth-order valence-corrected chi connectivity index (χ4v) is 2.17. The largest absolute Gasteiger partial charge is 0.321 e. The Morgan fingerprint density at radius 3 is 2.70 bits per heavy atom. The second kappa shape index (κ2) is 6.23. The average molecular weight is 371 g/mol. The molecule has 1 N–H and O–H groups in total. The van der Waals surface area contributed by atoms with Gasteiger partial charge in [-0.3, -0.25) is 4.79 Å². The Morgan fingerprint density at radius 2 is 2.10 bits per heavy atom. The molecule has 0 spiro atoms. The highest BCUT2D eigenvalue weighted by Gasteiger charge is 2.11. The van der Waals surface area contributed by atoms with Crippen molar-refractivity contribution in [3.63, 3.8) is 0 Å². The number of anilines is 1. The van der Waals surface area contributed by atoms with Gasteiger partial charge in [-0.15, -0.1) is 0 Å². The van der Waals surface area contributed by atoms with E-state index in [-0.39, 0.29) is 21.6 Å². The van der Waals surface area contributed by atoms with Gasteiger partial charge in [0.1, 0.15) is 5.15 Å². The van der Waals surface area contributed by atoms with Crippen LogP contribution in [-0.2, 0) is 0 Å². The number of hydrogen-bond acceptors (Lipinski definition) is 3. The second-order valence-electron chi connectivity index (χ2n) is 3.76. The Hall–Kier alpha value is -1.61. The summed E-state index contributed by atoms with van der Waals surface area (Å²) in [6, 6.07) is 8.29. The quantitative estimate of drug-likeness (QED) is 0.802. The fourth-order valence-electron chi connectivity index (χ4n) is 1.43. The van der Waals surface area contributed by atoms with E-state index < -0.39 is 0 Å². The number of carbonyl (C=O) groups excluding carboxylic acids is 1. The molecule has 7 heteroatoms. The fraction of sp³-hybridized carbons (Fsp3) is 0. The second-order valence-corrected chi connectivity index (χ2v) is 5.38. The van der Waals surface area contributed by atoms with Crippen LogP contribution in [0.3, 0.4) is 0 Å². The van der Waals surface area contributed by atoms with Gasteiger partial charge in [0, 0.05) is 10.7 Å². The van der Waals surface area contributed by atoms with E-state index >= 15 is 0 Å². The molecule has 1 heterocycles. The zero-order valence-electron chi connectivity index (χ0n) is 9.82. The topological polar surface area (TPSA) is 65.8 Å². The highest BCUT2D eigenvalue weighted by Crippen LogP contribution is 2.25. The van der Waals surface area contributed by atoms with Gasteiger partial charge in [0.25, 0.3) is 5.91 Å². The minimum atomic E-state index is -0.374. The summed E-state index contributed by atoms with van der Waals surface area (Å²) in [6.45, 7) is 0. The van der Waals surface area contributed by atoms with Crippen molar-refractivity contribution in [2.24, 2.45) is 0 Å². The predicted octanol–water partition coefficient (Wildman–Crippen LogP) is 4.27. The average Bonchev–Trinajstić information content (AvgIpc) is 2.43. The number of amides is 1. The summed E-state index contributed by atoms with van der Waals surface area (Å²) in [5.41, 5.74) is 1.32. The van der Waals surface area contributed by atoms with Crippen molar-refractivity contribution >= 4 is 50.7 Å². The van der Waals surface area contributed by atoms with Crippen LogP contribution in [0.2, 0.25) is 10.2 Å². The molecule has 100 valence electrons. The lowest BCUT2D eigenvalue weighted by Crippen LogP contribution is -2.12. The molecule has 0 aliphatic carbocycles. The molecule has 2 aromatic rings. The third kappa shape index (κ3) is 3.28. The van der Waals surface area contributed by atoms with Crippen LogP contribution in [0, 0.1) is 11.3 Å². The molecule has 0 saturated carbocycles. The van der Waals surface area contributed by atoms with Crippen molar-refractivity contribution in [2.45, 2.75) is 0 Å². The van der Waals surface area contributed by atoms with E-state index in [2.05, 4.69) is 26.2 Å². The van der Waals surface area contributed by atoms with Crippen molar-refractivity contribution in [1.82, 2.24) is 4.98 Å². The summed E-state index contributed by atoms with van der Waals surface area (Å²) in [5, 5.41) is 11.8. The van der Waals surface area contributed by atoms with Crippen LogP contribution in [0.1, 0.15) is 15.9 Å². The summed E-state index contributed by atoms with van der Waals surface area (Å²) in [6.07, 6.45) is 1.33. The zero-order chi connectivity index (χ0) is 14.7. The summed E-state index contributed by atoms with van der Waals surface area (Å²) >= 11 is 14.8. The summed E-state index contributed by atoms with van der Waals surface area (Å²) in [4.78, 5) is 15.9. The van der Waals surface area contributed by atoms with Crippen LogP contribution in [0.4, 0.5) is 5.69 Å². The lowest BCUT2D eigenvalue weighted by molar-refractivity contribution is 0.102. The van der Waals surface area contributed by atoms with Crippen LogP contribution in [0.15, 0.2) is 34.9 Å². The van der Waals surface area contributed by atoms with Gasteiger partial charge in [0.2, 0.25) is 0 Å². The summed E-state index contributed by atoms with van der Waals surface area (Å²) < 4.78 is 0.609. The Kier molecular flexibility index (Phi) is 4.61. The maximum atomic E-state index is 12.0. The van der Waals surface area contributed by atoms with Gasteiger partial charge in [0.05, 0.1) is 27.9 Å². The zero-order valence-corrected chi connectivity index (χ0v) is 12.9. The third-order valence-corrected chi connectivity index (χ3v) is 3.75. The number of nitrogens with zero attached hydrogens (tertiary/aromatic N) is 2. The van der Waals surface area contributed by atoms with Crippen molar-refractivity contribution < 1.29 is 4.79 Å². The Bertz CT molecular complexity index is 728. The lowest BCUT2D eigenvalue weighted by atomic mass is 10.2. The van der Waals surface area contributed by atoms with Crippen LogP contribution in [0.25, 0.3) is 0 Å². The molecule has 1 amide bonds. The van der Waals surface area contributed by atoms with E-state index in [0.717, 1.165) is 0 Å². The molecule has 0 bridgehead atoms. The van der Waals surface area contributed by atoms with E-state index in [1.165, 1.54) is 12.3 Å². The standard InChI is InChI=1S/C13H6BrCl2N3O/c14-9-3-7(5-17)1-2-11(9)19-13(20)8-4-10(15)12(16)18-6-8/h1-4,6H,(H,19,20). The van der Waals surface area contributed by atoms with Crippen molar-refractivity contribution in [3.8, 4) is 6.07 Å². The SMILES string of the molecule is N#Cc1ccc(NC(=O)c2cnc(Cl)c(Cl)c2)c(Br)c1. The monoisotopic (exact) mass is 369 g/mol. The molecule has 1 aromatic carbocycles. The predicted molar refractivity (Wildman–Crippen MR) is 81.1 cm³/mol. The van der Waals surface area contributed by atoms with Gasteiger partial charge in [0.15, 0.2) is 0 Å². The summed E-state index contributed by atoms with van der Waals surface area (Å²) in [7, 11) is 0. The van der Waals surface area contributed by atoms with Gasteiger partial charge < -0.3 is 5.32 Å². The Balaban J connectivity index is 2.23. The molecule has 0 atom stereocenters. The highest BCUT2D eigenvalue weighted by molar-refractivity contribution is 9.10. The first kappa shape index (κ1) is 14.8. The normalized spacial score (nSPS) is 9.90. The first-order chi connectivity index (χ1) is 9.51. The van der Waals surface area contributed by atoms with E-state index in [1.807, 2.05) is 6.07 Å². The first-order valence-electron chi connectivity index (χ1n) is 5.33. The maximum absolute atomic E-state index is 12.0. The third-order valence-electron chi connectivity index (χ3n) is 2.40. The molecular formula is C13H6BrCl2N3O. The molecule has 20 heavy (non-hydrogen) atoms. The number of pyridine rings is 1. The number of aromatic nitrogens is 1.